The summed E-state index contributed by atoms with van der Waals surface area (Å²) < 4.78 is 10.8. The molecule has 2 unspecified atom stereocenters. The van der Waals surface area contributed by atoms with Crippen molar-refractivity contribution in [3.8, 4) is 11.4 Å². The zero-order valence-corrected chi connectivity index (χ0v) is 13.4. The average molecular weight is 315 g/mol. The highest BCUT2D eigenvalue weighted by Crippen LogP contribution is 2.35. The molecule has 1 aromatic heterocycles. The topological polar surface area (TPSA) is 77.2 Å². The molecule has 23 heavy (non-hydrogen) atoms. The third kappa shape index (κ3) is 3.59. The first-order valence-corrected chi connectivity index (χ1v) is 7.96. The summed E-state index contributed by atoms with van der Waals surface area (Å²) >= 11 is 0. The molecule has 2 atom stereocenters. The van der Waals surface area contributed by atoms with Crippen molar-refractivity contribution in [3.63, 3.8) is 0 Å². The second kappa shape index (κ2) is 6.91. The Morgan fingerprint density at radius 3 is 2.78 bits per heavy atom. The Kier molecular flexibility index (Phi) is 4.71. The van der Waals surface area contributed by atoms with Crippen LogP contribution in [0.15, 0.2) is 28.8 Å². The molecular weight excluding hydrogens is 294 g/mol. The molecule has 0 spiro atoms. The number of amides is 1. The van der Waals surface area contributed by atoms with Crippen LogP contribution in [0.2, 0.25) is 0 Å². The van der Waals surface area contributed by atoms with Gasteiger partial charge in [-0.15, -0.1) is 0 Å². The Morgan fingerprint density at radius 1 is 1.35 bits per heavy atom. The van der Waals surface area contributed by atoms with Gasteiger partial charge in [-0.3, -0.25) is 4.79 Å². The molecular formula is C17H21N3O3. The highest BCUT2D eigenvalue weighted by molar-refractivity contribution is 5.90. The summed E-state index contributed by atoms with van der Waals surface area (Å²) in [5.74, 6) is 1.54. The van der Waals surface area contributed by atoms with Gasteiger partial charge in [-0.1, -0.05) is 12.1 Å². The van der Waals surface area contributed by atoms with Gasteiger partial charge in [-0.05, 0) is 43.5 Å². The fraction of sp³-hybridized carbons (Fsp3) is 0.471. The van der Waals surface area contributed by atoms with E-state index in [4.69, 9.17) is 9.26 Å². The van der Waals surface area contributed by atoms with Crippen molar-refractivity contribution in [2.75, 3.05) is 12.4 Å². The predicted molar refractivity (Wildman–Crippen MR) is 86.0 cm³/mol. The molecule has 1 aromatic carbocycles. The molecule has 0 bridgehead atoms. The highest BCUT2D eigenvalue weighted by Gasteiger charge is 2.30. The molecule has 6 nitrogen and oxygen atoms in total. The van der Waals surface area contributed by atoms with Crippen molar-refractivity contribution in [1.29, 1.82) is 0 Å². The minimum atomic E-state index is -0.00599. The zero-order chi connectivity index (χ0) is 16.2. The number of anilines is 1. The lowest BCUT2D eigenvalue weighted by Crippen LogP contribution is -2.09. The molecule has 2 aromatic rings. The van der Waals surface area contributed by atoms with Gasteiger partial charge in [0.05, 0.1) is 6.10 Å². The molecule has 122 valence electrons. The number of methoxy groups -OCH3 is 1. The summed E-state index contributed by atoms with van der Waals surface area (Å²) in [5, 5.41) is 6.89. The highest BCUT2D eigenvalue weighted by atomic mass is 16.5. The second-order valence-corrected chi connectivity index (χ2v) is 5.80. The van der Waals surface area contributed by atoms with E-state index in [0.29, 0.717) is 18.1 Å². The molecule has 1 saturated carbocycles. The van der Waals surface area contributed by atoms with E-state index >= 15 is 0 Å². The fourth-order valence-corrected chi connectivity index (χ4v) is 2.85. The van der Waals surface area contributed by atoms with Crippen molar-refractivity contribution in [1.82, 2.24) is 10.1 Å². The Labute approximate surface area is 135 Å². The fourth-order valence-electron chi connectivity index (χ4n) is 2.85. The van der Waals surface area contributed by atoms with E-state index in [1.54, 1.807) is 7.11 Å². The zero-order valence-electron chi connectivity index (χ0n) is 13.4. The van der Waals surface area contributed by atoms with Crippen molar-refractivity contribution in [2.24, 2.45) is 0 Å². The number of nitrogens with one attached hydrogen (secondary N) is 1. The largest absolute Gasteiger partial charge is 0.381 e. The molecule has 0 saturated heterocycles. The number of ether oxygens (including phenoxy) is 1. The number of nitrogens with zero attached hydrogens (tertiary/aromatic N) is 2. The van der Waals surface area contributed by atoms with Gasteiger partial charge in [-0.2, -0.15) is 4.98 Å². The molecule has 1 amide bonds. The minimum absolute atomic E-state index is 0.00599. The van der Waals surface area contributed by atoms with Gasteiger partial charge in [0, 0.05) is 30.7 Å². The van der Waals surface area contributed by atoms with E-state index in [1.165, 1.54) is 0 Å². The van der Waals surface area contributed by atoms with Crippen molar-refractivity contribution < 1.29 is 14.1 Å². The summed E-state index contributed by atoms with van der Waals surface area (Å²) in [7, 11) is 1.74. The first-order valence-electron chi connectivity index (χ1n) is 7.96. The van der Waals surface area contributed by atoms with E-state index in [0.717, 1.165) is 30.5 Å². The first kappa shape index (κ1) is 15.7. The SMILES string of the molecule is CCC(=O)Nc1ccc(-c2noc(C3CCC(OC)C3)n2)cc1. The monoisotopic (exact) mass is 315 g/mol. The van der Waals surface area contributed by atoms with Gasteiger partial charge >= 0.3 is 0 Å². The summed E-state index contributed by atoms with van der Waals surface area (Å²) in [6.45, 7) is 1.82. The van der Waals surface area contributed by atoms with Gasteiger partial charge in [0.15, 0.2) is 0 Å². The molecule has 1 aliphatic rings. The van der Waals surface area contributed by atoms with Gasteiger partial charge in [0.25, 0.3) is 0 Å². The van der Waals surface area contributed by atoms with Crippen LogP contribution in [0.3, 0.4) is 0 Å². The lowest BCUT2D eigenvalue weighted by atomic mass is 10.1. The van der Waals surface area contributed by atoms with E-state index in [2.05, 4.69) is 15.5 Å². The van der Waals surface area contributed by atoms with Gasteiger partial charge in [0.1, 0.15) is 0 Å². The lowest BCUT2D eigenvalue weighted by Gasteiger charge is -2.05. The Morgan fingerprint density at radius 2 is 2.13 bits per heavy atom. The van der Waals surface area contributed by atoms with Crippen LogP contribution in [0.4, 0.5) is 5.69 Å². The minimum Gasteiger partial charge on any atom is -0.381 e. The summed E-state index contributed by atoms with van der Waals surface area (Å²) in [6, 6.07) is 7.45. The van der Waals surface area contributed by atoms with E-state index in [9.17, 15) is 4.79 Å². The van der Waals surface area contributed by atoms with Gasteiger partial charge in [-0.25, -0.2) is 0 Å². The molecule has 1 heterocycles. The van der Waals surface area contributed by atoms with E-state index in [1.807, 2.05) is 31.2 Å². The Bertz CT molecular complexity index is 666. The molecule has 6 heteroatoms. The number of aromatic nitrogens is 2. The summed E-state index contributed by atoms with van der Waals surface area (Å²) in [5.41, 5.74) is 1.64. The Balaban J connectivity index is 1.69. The van der Waals surface area contributed by atoms with Crippen molar-refractivity contribution in [2.45, 2.75) is 44.6 Å². The Hall–Kier alpha value is -2.21. The summed E-state index contributed by atoms with van der Waals surface area (Å²) in [4.78, 5) is 15.9. The normalized spacial score (nSPS) is 20.6. The molecule has 0 aliphatic heterocycles. The van der Waals surface area contributed by atoms with Crippen LogP contribution in [-0.2, 0) is 9.53 Å². The van der Waals surface area contributed by atoms with E-state index < -0.39 is 0 Å². The van der Waals surface area contributed by atoms with Gasteiger partial charge < -0.3 is 14.6 Å². The van der Waals surface area contributed by atoms with E-state index in [-0.39, 0.29) is 17.9 Å². The maximum Gasteiger partial charge on any atom is 0.230 e. The molecule has 1 N–H and O–H groups in total. The smallest absolute Gasteiger partial charge is 0.230 e. The van der Waals surface area contributed by atoms with Crippen LogP contribution in [-0.4, -0.2) is 29.3 Å². The third-order valence-corrected chi connectivity index (χ3v) is 4.26. The number of carbonyl (C=O) groups excluding carboxylic acids is 1. The van der Waals surface area contributed by atoms with Crippen LogP contribution in [0.1, 0.15) is 44.4 Å². The molecule has 1 aliphatic carbocycles. The number of carbonyl (C=O) groups is 1. The van der Waals surface area contributed by atoms with Crippen LogP contribution in [0, 0.1) is 0 Å². The van der Waals surface area contributed by atoms with Crippen LogP contribution in [0.25, 0.3) is 11.4 Å². The second-order valence-electron chi connectivity index (χ2n) is 5.80. The van der Waals surface area contributed by atoms with Crippen LogP contribution in [0.5, 0.6) is 0 Å². The molecule has 0 radical (unpaired) electrons. The number of hydrogen-bond acceptors (Lipinski definition) is 5. The van der Waals surface area contributed by atoms with Gasteiger partial charge in [0.2, 0.25) is 17.6 Å². The van der Waals surface area contributed by atoms with Crippen molar-refractivity contribution >= 4 is 11.6 Å². The predicted octanol–water partition coefficient (Wildman–Crippen LogP) is 3.37. The van der Waals surface area contributed by atoms with Crippen LogP contribution >= 0.6 is 0 Å². The number of benzene rings is 1. The number of rotatable bonds is 5. The average Bonchev–Trinajstić information content (AvgIpc) is 3.24. The maximum atomic E-state index is 11.4. The lowest BCUT2D eigenvalue weighted by molar-refractivity contribution is -0.115. The number of hydrogen-bond donors (Lipinski definition) is 1. The maximum absolute atomic E-state index is 11.4. The summed E-state index contributed by atoms with van der Waals surface area (Å²) in [6.07, 6.45) is 3.73. The first-order chi connectivity index (χ1) is 11.2. The third-order valence-electron chi connectivity index (χ3n) is 4.26. The quantitative estimate of drug-likeness (QED) is 0.915. The van der Waals surface area contributed by atoms with Crippen molar-refractivity contribution in [3.05, 3.63) is 30.2 Å². The van der Waals surface area contributed by atoms with Crippen LogP contribution < -0.4 is 5.32 Å². The molecule has 1 fully saturated rings. The standard InChI is InChI=1S/C17H21N3O3/c1-3-15(21)18-13-7-4-11(5-8-13)16-19-17(23-20-16)12-6-9-14(10-12)22-2/h4-5,7-8,12,14H,3,6,9-10H2,1-2H3,(H,18,21). The molecule has 3 rings (SSSR count).